The van der Waals surface area contributed by atoms with E-state index in [1.807, 2.05) is 30.3 Å². The topological polar surface area (TPSA) is 166 Å². The van der Waals surface area contributed by atoms with E-state index in [-0.39, 0.29) is 56.6 Å². The summed E-state index contributed by atoms with van der Waals surface area (Å²) in [4.78, 5) is 38.2. The molecule has 10 nitrogen and oxygen atoms in total. The number of rotatable bonds is 21. The van der Waals surface area contributed by atoms with E-state index in [1.54, 1.807) is 0 Å². The summed E-state index contributed by atoms with van der Waals surface area (Å²) < 4.78 is 23.9. The van der Waals surface area contributed by atoms with Gasteiger partial charge in [0.2, 0.25) is 0 Å². The lowest BCUT2D eigenvalue weighted by Crippen LogP contribution is -2.52. The number of carbonyl (C=O) groups is 3. The molecule has 0 aliphatic heterocycles. The van der Waals surface area contributed by atoms with E-state index < -0.39 is 24.4 Å². The predicted molar refractivity (Wildman–Crippen MR) is 156 cm³/mol. The van der Waals surface area contributed by atoms with Gasteiger partial charge in [0.1, 0.15) is 24.4 Å². The largest absolute Gasteiger partial charge is 0.462 e. The highest BCUT2D eigenvalue weighted by Gasteiger charge is 2.44. The van der Waals surface area contributed by atoms with E-state index in [4.69, 9.17) is 36.1 Å². The molecule has 1 aliphatic carbocycles. The standard InChI is InChI=1S/C31H51N3O7/c32-18-10-2-7-15-28(35)39-25-21-26(40-29(36)16-8-3-11-19-33)31(38-23-24-13-5-1-6-14-24)27(22-25)41-30(37)17-9-4-12-20-34/h1,5-6,13-14,25-27,31H,2-4,7-12,15-23,32-34H2. The molecule has 1 aromatic carbocycles. The molecule has 2 rings (SSSR count). The highest BCUT2D eigenvalue weighted by molar-refractivity contribution is 5.71. The van der Waals surface area contributed by atoms with Crippen LogP contribution in [-0.2, 0) is 39.9 Å². The molecule has 10 heteroatoms. The molecule has 6 N–H and O–H groups in total. The molecule has 1 saturated carbocycles. The number of carbonyl (C=O) groups excluding carboxylic acids is 3. The maximum Gasteiger partial charge on any atom is 0.306 e. The highest BCUT2D eigenvalue weighted by atomic mass is 16.6. The zero-order valence-corrected chi connectivity index (χ0v) is 24.5. The van der Waals surface area contributed by atoms with Crippen LogP contribution in [0.5, 0.6) is 0 Å². The minimum absolute atomic E-state index is 0.249. The highest BCUT2D eigenvalue weighted by Crippen LogP contribution is 2.31. The molecule has 0 bridgehead atoms. The van der Waals surface area contributed by atoms with Gasteiger partial charge in [0.15, 0.2) is 0 Å². The van der Waals surface area contributed by atoms with Gasteiger partial charge in [-0.25, -0.2) is 0 Å². The van der Waals surface area contributed by atoms with Crippen LogP contribution in [-0.4, -0.2) is 62.0 Å². The molecule has 1 fully saturated rings. The fourth-order valence-electron chi connectivity index (χ4n) is 4.90. The van der Waals surface area contributed by atoms with Gasteiger partial charge in [-0.3, -0.25) is 14.4 Å². The second-order valence-electron chi connectivity index (χ2n) is 10.7. The maximum absolute atomic E-state index is 12.8. The van der Waals surface area contributed by atoms with Gasteiger partial charge in [-0.15, -0.1) is 0 Å². The number of hydrogen-bond donors (Lipinski definition) is 3. The van der Waals surface area contributed by atoms with Crippen molar-refractivity contribution < 1.29 is 33.3 Å². The Kier molecular flexibility index (Phi) is 17.9. The molecule has 1 aromatic rings. The maximum atomic E-state index is 12.8. The van der Waals surface area contributed by atoms with Crippen LogP contribution in [0.1, 0.15) is 95.5 Å². The number of benzene rings is 1. The Morgan fingerprint density at radius 2 is 1.05 bits per heavy atom. The summed E-state index contributed by atoms with van der Waals surface area (Å²) in [5.74, 6) is -1.05. The molecule has 2 unspecified atom stereocenters. The van der Waals surface area contributed by atoms with E-state index in [2.05, 4.69) is 0 Å². The molecular weight excluding hydrogens is 526 g/mol. The molecule has 0 heterocycles. The second kappa shape index (κ2) is 21.2. The second-order valence-corrected chi connectivity index (χ2v) is 10.7. The van der Waals surface area contributed by atoms with Crippen molar-refractivity contribution in [2.75, 3.05) is 19.6 Å². The predicted octanol–water partition coefficient (Wildman–Crippen LogP) is 3.66. The zero-order valence-electron chi connectivity index (χ0n) is 24.5. The smallest absolute Gasteiger partial charge is 0.306 e. The summed E-state index contributed by atoms with van der Waals surface area (Å²) in [5.41, 5.74) is 17.6. The van der Waals surface area contributed by atoms with Crippen molar-refractivity contribution in [3.63, 3.8) is 0 Å². The number of nitrogens with two attached hydrogens (primary N) is 3. The summed E-state index contributed by atoms with van der Waals surface area (Å²) in [6.45, 7) is 1.99. The summed E-state index contributed by atoms with van der Waals surface area (Å²) in [6.07, 6.45) is 5.64. The van der Waals surface area contributed by atoms with E-state index in [0.717, 1.165) is 44.1 Å². The average molecular weight is 578 g/mol. The summed E-state index contributed by atoms with van der Waals surface area (Å²) in [5, 5.41) is 0. The van der Waals surface area contributed by atoms with Crippen LogP contribution >= 0.6 is 0 Å². The summed E-state index contributed by atoms with van der Waals surface area (Å²) in [6, 6.07) is 9.63. The van der Waals surface area contributed by atoms with Crippen LogP contribution in [0.25, 0.3) is 0 Å². The van der Waals surface area contributed by atoms with Gasteiger partial charge in [0.05, 0.1) is 6.61 Å². The van der Waals surface area contributed by atoms with Crippen molar-refractivity contribution in [2.24, 2.45) is 17.2 Å². The number of hydrogen-bond acceptors (Lipinski definition) is 10. The van der Waals surface area contributed by atoms with Crippen LogP contribution in [0.2, 0.25) is 0 Å². The van der Waals surface area contributed by atoms with Crippen LogP contribution in [0, 0.1) is 0 Å². The third-order valence-electron chi connectivity index (χ3n) is 7.13. The molecule has 41 heavy (non-hydrogen) atoms. The lowest BCUT2D eigenvalue weighted by Gasteiger charge is -2.40. The molecule has 0 saturated heterocycles. The van der Waals surface area contributed by atoms with Crippen molar-refractivity contribution in [3.8, 4) is 0 Å². The summed E-state index contributed by atoms with van der Waals surface area (Å²) >= 11 is 0. The van der Waals surface area contributed by atoms with Gasteiger partial charge in [0.25, 0.3) is 0 Å². The fraction of sp³-hybridized carbons (Fsp3) is 0.710. The molecule has 2 atom stereocenters. The van der Waals surface area contributed by atoms with Crippen molar-refractivity contribution in [3.05, 3.63) is 35.9 Å². The normalized spacial score (nSPS) is 20.4. The molecule has 232 valence electrons. The van der Waals surface area contributed by atoms with Gasteiger partial charge in [-0.1, -0.05) is 49.6 Å². The van der Waals surface area contributed by atoms with Crippen molar-refractivity contribution >= 4 is 17.9 Å². The van der Waals surface area contributed by atoms with Crippen molar-refractivity contribution in [1.82, 2.24) is 0 Å². The first-order chi connectivity index (χ1) is 20.0. The van der Waals surface area contributed by atoms with Gasteiger partial charge in [0, 0.05) is 32.1 Å². The Bertz CT molecular complexity index is 835. The molecular formula is C31H51N3O7. The van der Waals surface area contributed by atoms with Crippen molar-refractivity contribution in [2.45, 2.75) is 121 Å². The van der Waals surface area contributed by atoms with Gasteiger partial charge < -0.3 is 36.1 Å². The lowest BCUT2D eigenvalue weighted by molar-refractivity contribution is -0.200. The minimum atomic E-state index is -0.737. The fourth-order valence-corrected chi connectivity index (χ4v) is 4.90. The van der Waals surface area contributed by atoms with E-state index >= 15 is 0 Å². The summed E-state index contributed by atoms with van der Waals surface area (Å²) in [7, 11) is 0. The lowest BCUT2D eigenvalue weighted by atomic mass is 9.88. The van der Waals surface area contributed by atoms with Crippen LogP contribution < -0.4 is 17.2 Å². The van der Waals surface area contributed by atoms with Crippen molar-refractivity contribution in [1.29, 1.82) is 0 Å². The third kappa shape index (κ3) is 14.8. The van der Waals surface area contributed by atoms with Crippen LogP contribution in [0.15, 0.2) is 30.3 Å². The number of unbranched alkanes of at least 4 members (excludes halogenated alkanes) is 6. The van der Waals surface area contributed by atoms with Gasteiger partial charge in [-0.2, -0.15) is 0 Å². The quantitative estimate of drug-likeness (QED) is 0.111. The van der Waals surface area contributed by atoms with Gasteiger partial charge >= 0.3 is 17.9 Å². The van der Waals surface area contributed by atoms with E-state index in [0.29, 0.717) is 38.9 Å². The third-order valence-corrected chi connectivity index (χ3v) is 7.13. The molecule has 0 radical (unpaired) electrons. The Morgan fingerprint density at radius 3 is 1.49 bits per heavy atom. The average Bonchev–Trinajstić information content (AvgIpc) is 2.96. The molecule has 0 spiro atoms. The molecule has 0 aromatic heterocycles. The Hall–Kier alpha value is -2.53. The zero-order chi connectivity index (χ0) is 29.7. The van der Waals surface area contributed by atoms with E-state index in [9.17, 15) is 14.4 Å². The molecule has 0 amide bonds. The van der Waals surface area contributed by atoms with E-state index in [1.165, 1.54) is 0 Å². The Balaban J connectivity index is 2.15. The van der Waals surface area contributed by atoms with Gasteiger partial charge in [-0.05, 0) is 63.7 Å². The Labute approximate surface area is 245 Å². The number of ether oxygens (including phenoxy) is 4. The first-order valence-corrected chi connectivity index (χ1v) is 15.3. The van der Waals surface area contributed by atoms with Crippen LogP contribution in [0.4, 0.5) is 0 Å². The minimum Gasteiger partial charge on any atom is -0.462 e. The number of esters is 3. The Morgan fingerprint density at radius 1 is 0.610 bits per heavy atom. The molecule has 1 aliphatic rings. The first-order valence-electron chi connectivity index (χ1n) is 15.3. The SMILES string of the molecule is NCCCCCC(=O)OC1CC(OC(=O)CCCCCN)C(OCc2ccccc2)C(OC(=O)CCCCCN)C1. The van der Waals surface area contributed by atoms with Crippen LogP contribution in [0.3, 0.4) is 0 Å². The first kappa shape index (κ1) is 34.7. The monoisotopic (exact) mass is 577 g/mol.